The van der Waals surface area contributed by atoms with Crippen LogP contribution in [0.4, 0.5) is 5.00 Å². The monoisotopic (exact) mass is 388 g/mol. The topological polar surface area (TPSA) is 67.9 Å². The van der Waals surface area contributed by atoms with Crippen LogP contribution >= 0.6 is 11.3 Å². The first-order valence-electron chi connectivity index (χ1n) is 8.71. The fourth-order valence-electron chi connectivity index (χ4n) is 2.61. The average molecular weight is 388 g/mol. The summed E-state index contributed by atoms with van der Waals surface area (Å²) in [6, 6.07) is 7.51. The maximum Gasteiger partial charge on any atom is 0.264 e. The molecule has 0 aliphatic carbocycles. The molecule has 0 bridgehead atoms. The Morgan fingerprint density at radius 2 is 1.89 bits per heavy atom. The van der Waals surface area contributed by atoms with Crippen molar-refractivity contribution in [3.63, 3.8) is 0 Å². The molecule has 1 aliphatic heterocycles. The highest BCUT2D eigenvalue weighted by molar-refractivity contribution is 7.18. The Balaban J connectivity index is 1.70. The fourth-order valence-corrected chi connectivity index (χ4v) is 3.68. The minimum absolute atomic E-state index is 0.0727. The third kappa shape index (κ3) is 4.24. The number of anilines is 1. The average Bonchev–Trinajstić information content (AvgIpc) is 3.19. The van der Waals surface area contributed by atoms with Crippen molar-refractivity contribution >= 4 is 28.2 Å². The Labute approximate surface area is 163 Å². The van der Waals surface area contributed by atoms with E-state index in [0.29, 0.717) is 22.2 Å². The molecule has 0 atom stereocenters. The molecule has 0 fully saturated rings. The highest BCUT2D eigenvalue weighted by atomic mass is 32.1. The zero-order chi connectivity index (χ0) is 19.8. The van der Waals surface area contributed by atoms with E-state index in [1.807, 2.05) is 52.0 Å². The van der Waals surface area contributed by atoms with Gasteiger partial charge in [-0.15, -0.1) is 11.3 Å². The predicted octanol–water partition coefficient (Wildman–Crippen LogP) is 4.04. The van der Waals surface area contributed by atoms with Crippen molar-refractivity contribution in [1.82, 2.24) is 4.90 Å². The van der Waals surface area contributed by atoms with Crippen LogP contribution in [0.1, 0.15) is 41.6 Å². The molecule has 1 aromatic heterocycles. The summed E-state index contributed by atoms with van der Waals surface area (Å²) in [5, 5.41) is 3.58. The molecule has 144 valence electrons. The summed E-state index contributed by atoms with van der Waals surface area (Å²) in [7, 11) is 1.76. The van der Waals surface area contributed by atoms with Gasteiger partial charge in [0.2, 0.25) is 12.7 Å². The van der Waals surface area contributed by atoms with Gasteiger partial charge in [0.15, 0.2) is 11.5 Å². The van der Waals surface area contributed by atoms with Crippen LogP contribution in [-0.4, -0.2) is 30.6 Å². The van der Waals surface area contributed by atoms with Gasteiger partial charge in [-0.3, -0.25) is 9.59 Å². The van der Waals surface area contributed by atoms with Gasteiger partial charge in [-0.25, -0.2) is 0 Å². The van der Waals surface area contributed by atoms with Gasteiger partial charge in [-0.1, -0.05) is 26.8 Å². The van der Waals surface area contributed by atoms with Crippen LogP contribution in [0.25, 0.3) is 0 Å². The number of benzene rings is 1. The van der Waals surface area contributed by atoms with Crippen LogP contribution in [0.3, 0.4) is 0 Å². The molecule has 7 heteroatoms. The maximum absolute atomic E-state index is 12.9. The second-order valence-corrected chi connectivity index (χ2v) is 8.73. The summed E-state index contributed by atoms with van der Waals surface area (Å²) in [4.78, 5) is 27.3. The lowest BCUT2D eigenvalue weighted by molar-refractivity contribution is -0.123. The van der Waals surface area contributed by atoms with Gasteiger partial charge in [0.25, 0.3) is 5.91 Å². The molecule has 0 unspecified atom stereocenters. The molecule has 1 aliphatic rings. The summed E-state index contributed by atoms with van der Waals surface area (Å²) < 4.78 is 10.7. The fraction of sp³-hybridized carbons (Fsp3) is 0.400. The maximum atomic E-state index is 12.9. The lowest BCUT2D eigenvalue weighted by Gasteiger charge is -2.17. The summed E-state index contributed by atoms with van der Waals surface area (Å²) in [5.74, 6) is 1.27. The zero-order valence-electron chi connectivity index (χ0n) is 16.2. The SMILES string of the molecule is Cc1cc(NC(=O)C(C)(C)C)sc1C(=O)N(C)Cc1ccc2c(c1)OCO2. The van der Waals surface area contributed by atoms with Crippen LogP contribution in [0, 0.1) is 12.3 Å². The van der Waals surface area contributed by atoms with Crippen LogP contribution in [-0.2, 0) is 11.3 Å². The quantitative estimate of drug-likeness (QED) is 0.858. The number of carbonyl (C=O) groups is 2. The van der Waals surface area contributed by atoms with E-state index in [1.165, 1.54) is 11.3 Å². The number of hydrogen-bond donors (Lipinski definition) is 1. The van der Waals surface area contributed by atoms with Crippen molar-refractivity contribution in [2.45, 2.75) is 34.2 Å². The second kappa shape index (κ2) is 7.23. The standard InChI is InChI=1S/C20H24N2O4S/c1-12-8-16(21-19(24)20(2,3)4)27-17(12)18(23)22(5)10-13-6-7-14-15(9-13)26-11-25-14/h6-9H,10-11H2,1-5H3,(H,21,24). The molecular formula is C20H24N2O4S. The molecule has 0 spiro atoms. The van der Waals surface area contributed by atoms with Gasteiger partial charge in [0, 0.05) is 19.0 Å². The first-order valence-corrected chi connectivity index (χ1v) is 9.52. The summed E-state index contributed by atoms with van der Waals surface area (Å²) in [6.45, 7) is 8.13. The Morgan fingerprint density at radius 1 is 1.19 bits per heavy atom. The molecule has 27 heavy (non-hydrogen) atoms. The van der Waals surface area contributed by atoms with Gasteiger partial charge >= 0.3 is 0 Å². The van der Waals surface area contributed by atoms with E-state index < -0.39 is 5.41 Å². The number of carbonyl (C=O) groups excluding carboxylic acids is 2. The van der Waals surface area contributed by atoms with E-state index in [2.05, 4.69) is 5.32 Å². The number of rotatable bonds is 4. The zero-order valence-corrected chi connectivity index (χ0v) is 17.0. The van der Waals surface area contributed by atoms with E-state index in [9.17, 15) is 9.59 Å². The Hall–Kier alpha value is -2.54. The number of aryl methyl sites for hydroxylation is 1. The highest BCUT2D eigenvalue weighted by Gasteiger charge is 2.24. The van der Waals surface area contributed by atoms with Crippen molar-refractivity contribution in [3.8, 4) is 11.5 Å². The normalized spacial score (nSPS) is 12.8. The number of nitrogens with one attached hydrogen (secondary N) is 1. The Bertz CT molecular complexity index is 883. The largest absolute Gasteiger partial charge is 0.454 e. The van der Waals surface area contributed by atoms with E-state index in [0.717, 1.165) is 16.9 Å². The van der Waals surface area contributed by atoms with Gasteiger partial charge in [-0.2, -0.15) is 0 Å². The van der Waals surface area contributed by atoms with Gasteiger partial charge < -0.3 is 19.7 Å². The third-order valence-corrected chi connectivity index (χ3v) is 5.37. The molecule has 0 radical (unpaired) electrons. The van der Waals surface area contributed by atoms with Crippen LogP contribution < -0.4 is 14.8 Å². The first-order chi connectivity index (χ1) is 12.6. The van der Waals surface area contributed by atoms with E-state index in [1.54, 1.807) is 11.9 Å². The molecule has 2 aromatic rings. The minimum Gasteiger partial charge on any atom is -0.454 e. The molecule has 1 N–H and O–H groups in total. The molecule has 2 amide bonds. The van der Waals surface area contributed by atoms with Crippen molar-refractivity contribution in [3.05, 3.63) is 40.3 Å². The Kier molecular flexibility index (Phi) is 5.15. The molecule has 0 saturated carbocycles. The number of fused-ring (bicyclic) bond motifs is 1. The van der Waals surface area contributed by atoms with Gasteiger partial charge in [0.1, 0.15) is 0 Å². The molecule has 2 heterocycles. The summed E-state index contributed by atoms with van der Waals surface area (Å²) >= 11 is 1.30. The summed E-state index contributed by atoms with van der Waals surface area (Å²) in [6.07, 6.45) is 0. The van der Waals surface area contributed by atoms with E-state index in [-0.39, 0.29) is 18.6 Å². The van der Waals surface area contributed by atoms with Crippen molar-refractivity contribution < 1.29 is 19.1 Å². The highest BCUT2D eigenvalue weighted by Crippen LogP contribution is 2.33. The lowest BCUT2D eigenvalue weighted by atomic mass is 9.96. The van der Waals surface area contributed by atoms with E-state index >= 15 is 0 Å². The Morgan fingerprint density at radius 3 is 2.59 bits per heavy atom. The van der Waals surface area contributed by atoms with Crippen molar-refractivity contribution in [1.29, 1.82) is 0 Å². The summed E-state index contributed by atoms with van der Waals surface area (Å²) in [5.41, 5.74) is 1.33. The third-order valence-electron chi connectivity index (χ3n) is 4.23. The second-order valence-electron chi connectivity index (χ2n) is 7.68. The number of hydrogen-bond acceptors (Lipinski definition) is 5. The van der Waals surface area contributed by atoms with Gasteiger partial charge in [0.05, 0.1) is 9.88 Å². The predicted molar refractivity (Wildman–Crippen MR) is 106 cm³/mol. The number of thiophene rings is 1. The lowest BCUT2D eigenvalue weighted by Crippen LogP contribution is -2.27. The number of nitrogens with zero attached hydrogens (tertiary/aromatic N) is 1. The van der Waals surface area contributed by atoms with Crippen molar-refractivity contribution in [2.24, 2.45) is 5.41 Å². The molecule has 1 aromatic carbocycles. The van der Waals surface area contributed by atoms with Crippen LogP contribution in [0.15, 0.2) is 24.3 Å². The van der Waals surface area contributed by atoms with E-state index in [4.69, 9.17) is 9.47 Å². The minimum atomic E-state index is -0.488. The van der Waals surface area contributed by atoms with Crippen LogP contribution in [0.5, 0.6) is 11.5 Å². The van der Waals surface area contributed by atoms with Gasteiger partial charge in [-0.05, 0) is 36.2 Å². The van der Waals surface area contributed by atoms with Crippen molar-refractivity contribution in [2.75, 3.05) is 19.2 Å². The molecule has 6 nitrogen and oxygen atoms in total. The first kappa shape index (κ1) is 19.2. The van der Waals surface area contributed by atoms with Crippen LogP contribution in [0.2, 0.25) is 0 Å². The molecule has 0 saturated heterocycles. The molecular weight excluding hydrogens is 364 g/mol. The smallest absolute Gasteiger partial charge is 0.264 e. The number of amides is 2. The molecule has 3 rings (SSSR count). The number of ether oxygens (including phenoxy) is 2.